The van der Waals surface area contributed by atoms with Crippen molar-refractivity contribution in [3.63, 3.8) is 0 Å². The Balaban J connectivity index is 1.91. The molecule has 2 fully saturated rings. The van der Waals surface area contributed by atoms with Gasteiger partial charge in [-0.15, -0.1) is 0 Å². The van der Waals surface area contributed by atoms with Gasteiger partial charge in [0.05, 0.1) is 0 Å². The maximum Gasteiger partial charge on any atom is 0.0228 e. The van der Waals surface area contributed by atoms with E-state index in [4.69, 9.17) is 0 Å². The molecule has 3 heteroatoms. The first-order valence-electron chi connectivity index (χ1n) is 8.04. The summed E-state index contributed by atoms with van der Waals surface area (Å²) in [6.45, 7) is 10.8. The van der Waals surface area contributed by atoms with Crippen molar-refractivity contribution in [1.82, 2.24) is 10.2 Å². The fraction of sp³-hybridized carbons (Fsp3) is 1.00. The van der Waals surface area contributed by atoms with E-state index in [0.717, 1.165) is 12.0 Å². The fourth-order valence-corrected chi connectivity index (χ4v) is 3.87. The zero-order chi connectivity index (χ0) is 13.9. The molecule has 0 spiro atoms. The first-order valence-corrected chi connectivity index (χ1v) is 9.27. The normalized spacial score (nSPS) is 31.6. The van der Waals surface area contributed by atoms with Crippen molar-refractivity contribution in [2.45, 2.75) is 69.7 Å². The van der Waals surface area contributed by atoms with Crippen LogP contribution in [-0.2, 0) is 0 Å². The summed E-state index contributed by atoms with van der Waals surface area (Å²) in [7, 11) is 0. The van der Waals surface area contributed by atoms with Crippen LogP contribution in [0.5, 0.6) is 0 Å². The number of piperazine rings is 1. The Labute approximate surface area is 124 Å². The Bertz CT molecular complexity index is 274. The van der Waals surface area contributed by atoms with Crippen LogP contribution in [0.25, 0.3) is 0 Å². The van der Waals surface area contributed by atoms with Crippen molar-refractivity contribution in [1.29, 1.82) is 0 Å². The van der Waals surface area contributed by atoms with Crippen LogP contribution in [0.1, 0.15) is 52.9 Å². The minimum Gasteiger partial charge on any atom is -0.311 e. The molecule has 1 saturated heterocycles. The minimum absolute atomic E-state index is 0.378. The van der Waals surface area contributed by atoms with Crippen molar-refractivity contribution in [2.24, 2.45) is 5.92 Å². The number of rotatable bonds is 4. The van der Waals surface area contributed by atoms with Gasteiger partial charge in [-0.25, -0.2) is 0 Å². The van der Waals surface area contributed by atoms with Crippen LogP contribution in [0.4, 0.5) is 0 Å². The summed E-state index contributed by atoms with van der Waals surface area (Å²) in [5, 5.41) is 3.82. The molecule has 0 radical (unpaired) electrons. The van der Waals surface area contributed by atoms with Gasteiger partial charge >= 0.3 is 0 Å². The number of hydrogen-bond donors (Lipinski definition) is 1. The third kappa shape index (κ3) is 4.37. The molecule has 2 nitrogen and oxygen atoms in total. The summed E-state index contributed by atoms with van der Waals surface area (Å²) in [6.07, 6.45) is 9.51. The van der Waals surface area contributed by atoms with E-state index < -0.39 is 0 Å². The average molecular weight is 285 g/mol. The molecule has 2 unspecified atom stereocenters. The second kappa shape index (κ2) is 6.82. The summed E-state index contributed by atoms with van der Waals surface area (Å²) in [5.41, 5.74) is 0. The van der Waals surface area contributed by atoms with Crippen LogP contribution in [0.3, 0.4) is 0 Å². The van der Waals surface area contributed by atoms with Crippen molar-refractivity contribution in [3.8, 4) is 0 Å². The molecule has 1 heterocycles. The predicted molar refractivity (Wildman–Crippen MR) is 87.0 cm³/mol. The second-order valence-corrected chi connectivity index (χ2v) is 8.67. The van der Waals surface area contributed by atoms with Crippen molar-refractivity contribution < 1.29 is 0 Å². The van der Waals surface area contributed by atoms with E-state index in [-0.39, 0.29) is 0 Å². The smallest absolute Gasteiger partial charge is 0.0228 e. The molecule has 0 aromatic carbocycles. The van der Waals surface area contributed by atoms with Gasteiger partial charge in [-0.2, -0.15) is 11.8 Å². The zero-order valence-corrected chi connectivity index (χ0v) is 14.1. The summed E-state index contributed by atoms with van der Waals surface area (Å²) in [5.74, 6) is 0.932. The van der Waals surface area contributed by atoms with Crippen LogP contribution in [0, 0.1) is 5.92 Å². The van der Waals surface area contributed by atoms with E-state index in [1.54, 1.807) is 0 Å². The third-order valence-electron chi connectivity index (χ3n) is 5.09. The van der Waals surface area contributed by atoms with E-state index in [9.17, 15) is 0 Å². The predicted octanol–water partition coefficient (Wildman–Crippen LogP) is 3.37. The lowest BCUT2D eigenvalue weighted by Gasteiger charge is -2.45. The standard InChI is InChI=1S/C16H32N2S/c1-13-10-17-15(14-8-6-5-7-9-14)11-18(13)12-16(2,3)19-4/h13-15,17H,5-12H2,1-4H3. The zero-order valence-electron chi connectivity index (χ0n) is 13.2. The molecule has 0 aromatic heterocycles. The van der Waals surface area contributed by atoms with Gasteiger partial charge in [0, 0.05) is 36.5 Å². The Morgan fingerprint density at radius 3 is 2.53 bits per heavy atom. The Morgan fingerprint density at radius 2 is 1.89 bits per heavy atom. The van der Waals surface area contributed by atoms with Crippen LogP contribution in [0.2, 0.25) is 0 Å². The van der Waals surface area contributed by atoms with E-state index >= 15 is 0 Å². The topological polar surface area (TPSA) is 15.3 Å². The molecule has 0 aromatic rings. The molecular weight excluding hydrogens is 252 g/mol. The van der Waals surface area contributed by atoms with Crippen LogP contribution >= 0.6 is 11.8 Å². The minimum atomic E-state index is 0.378. The van der Waals surface area contributed by atoms with Gasteiger partial charge in [0.2, 0.25) is 0 Å². The number of hydrogen-bond acceptors (Lipinski definition) is 3. The Hall–Kier alpha value is 0.270. The van der Waals surface area contributed by atoms with E-state index in [0.29, 0.717) is 10.8 Å². The summed E-state index contributed by atoms with van der Waals surface area (Å²) < 4.78 is 0.378. The molecule has 2 aliphatic rings. The van der Waals surface area contributed by atoms with Gasteiger partial charge in [0.25, 0.3) is 0 Å². The highest BCUT2D eigenvalue weighted by atomic mass is 32.2. The van der Waals surface area contributed by atoms with Crippen molar-refractivity contribution in [2.75, 3.05) is 25.9 Å². The van der Waals surface area contributed by atoms with Gasteiger partial charge in [-0.1, -0.05) is 19.3 Å². The molecule has 1 aliphatic heterocycles. The first-order chi connectivity index (χ1) is 9.02. The molecule has 0 bridgehead atoms. The highest BCUT2D eigenvalue weighted by Gasteiger charge is 2.33. The molecule has 2 rings (SSSR count). The maximum absolute atomic E-state index is 3.82. The number of thioether (sulfide) groups is 1. The third-order valence-corrected chi connectivity index (χ3v) is 6.32. The fourth-order valence-electron chi connectivity index (χ4n) is 3.57. The monoisotopic (exact) mass is 284 g/mol. The highest BCUT2D eigenvalue weighted by molar-refractivity contribution is 7.99. The van der Waals surface area contributed by atoms with Gasteiger partial charge in [-0.3, -0.25) is 4.90 Å². The Kier molecular flexibility index (Phi) is 5.62. The van der Waals surface area contributed by atoms with E-state index in [2.05, 4.69) is 37.2 Å². The van der Waals surface area contributed by atoms with Crippen LogP contribution in [0.15, 0.2) is 0 Å². The average Bonchev–Trinajstić information content (AvgIpc) is 2.42. The van der Waals surface area contributed by atoms with E-state index in [1.165, 1.54) is 51.7 Å². The lowest BCUT2D eigenvalue weighted by Crippen LogP contribution is -2.59. The van der Waals surface area contributed by atoms with Gasteiger partial charge < -0.3 is 5.32 Å². The molecular formula is C16H32N2S. The molecule has 0 amide bonds. The summed E-state index contributed by atoms with van der Waals surface area (Å²) in [6, 6.07) is 1.43. The van der Waals surface area contributed by atoms with Crippen LogP contribution in [-0.4, -0.2) is 47.6 Å². The molecule has 1 saturated carbocycles. The first kappa shape index (κ1) is 15.7. The number of nitrogens with zero attached hydrogens (tertiary/aromatic N) is 1. The molecule has 2 atom stereocenters. The molecule has 19 heavy (non-hydrogen) atoms. The summed E-state index contributed by atoms with van der Waals surface area (Å²) in [4.78, 5) is 2.73. The van der Waals surface area contributed by atoms with Gasteiger partial charge in [0.1, 0.15) is 0 Å². The molecule has 112 valence electrons. The van der Waals surface area contributed by atoms with Crippen molar-refractivity contribution in [3.05, 3.63) is 0 Å². The SMILES string of the molecule is CSC(C)(C)CN1CC(C2CCCCC2)NCC1C. The lowest BCUT2D eigenvalue weighted by atomic mass is 9.82. The number of nitrogens with one attached hydrogen (secondary N) is 1. The van der Waals surface area contributed by atoms with Gasteiger partial charge in [0.15, 0.2) is 0 Å². The molecule has 1 N–H and O–H groups in total. The lowest BCUT2D eigenvalue weighted by molar-refractivity contribution is 0.0981. The largest absolute Gasteiger partial charge is 0.311 e. The van der Waals surface area contributed by atoms with E-state index in [1.807, 2.05) is 11.8 Å². The Morgan fingerprint density at radius 1 is 1.21 bits per heavy atom. The maximum atomic E-state index is 3.82. The highest BCUT2D eigenvalue weighted by Crippen LogP contribution is 2.30. The van der Waals surface area contributed by atoms with Crippen molar-refractivity contribution >= 4 is 11.8 Å². The van der Waals surface area contributed by atoms with Crippen LogP contribution < -0.4 is 5.32 Å². The molecule has 1 aliphatic carbocycles. The second-order valence-electron chi connectivity index (χ2n) is 7.16. The van der Waals surface area contributed by atoms with Gasteiger partial charge in [-0.05, 0) is 45.8 Å². The summed E-state index contributed by atoms with van der Waals surface area (Å²) >= 11 is 2.00. The quantitative estimate of drug-likeness (QED) is 0.852.